The zero-order valence-corrected chi connectivity index (χ0v) is 25.9. The number of esters is 1. The molecule has 1 heterocycles. The van der Waals surface area contributed by atoms with Gasteiger partial charge in [0.05, 0.1) is 12.2 Å². The van der Waals surface area contributed by atoms with E-state index in [2.05, 4.69) is 79.9 Å². The molecule has 6 heteroatoms. The summed E-state index contributed by atoms with van der Waals surface area (Å²) in [5, 5.41) is 0.281. The minimum Gasteiger partial charge on any atom is -0.460 e. The normalized spacial score (nSPS) is 32.1. The Labute approximate surface area is 212 Å². The van der Waals surface area contributed by atoms with Crippen LogP contribution in [0.15, 0.2) is 24.3 Å². The summed E-state index contributed by atoms with van der Waals surface area (Å²) >= 11 is 0. The molecule has 0 unspecified atom stereocenters. The number of cyclic esters (lactones) is 1. The van der Waals surface area contributed by atoms with Gasteiger partial charge in [-0.1, -0.05) is 53.7 Å². The standard InChI is InChI=1S/C28H52O4Si2/c1-21-15-13-12-14-16-22-19-23(31-33(8,9)27(2,3)4)20-24(22)25(17-18-26(29)30-21)32-34(10,11)28(5,6)7/h14,16-18,21-25H,12-13,15,19-20H2,1-11H3/b16-14+,18-17+/t21-,22+,23-,24+,25+/m0/s1. The summed E-state index contributed by atoms with van der Waals surface area (Å²) in [5.74, 6) is 0.429. The van der Waals surface area contributed by atoms with Crippen molar-refractivity contribution in [2.24, 2.45) is 11.8 Å². The average molecular weight is 509 g/mol. The van der Waals surface area contributed by atoms with Crippen LogP contribution in [0.25, 0.3) is 0 Å². The highest BCUT2D eigenvalue weighted by Gasteiger charge is 2.46. The minimum absolute atomic E-state index is 0.0621. The van der Waals surface area contributed by atoms with E-state index in [-0.39, 0.29) is 34.4 Å². The van der Waals surface area contributed by atoms with Gasteiger partial charge < -0.3 is 13.6 Å². The predicted octanol–water partition coefficient (Wildman–Crippen LogP) is 8.02. The molecule has 1 fully saturated rings. The van der Waals surface area contributed by atoms with Gasteiger partial charge in [-0.05, 0) is 93.2 Å². The van der Waals surface area contributed by atoms with Gasteiger partial charge in [0.25, 0.3) is 0 Å². The number of carbonyl (C=O) groups excluding carboxylic acids is 1. The number of allylic oxidation sites excluding steroid dienone is 2. The Bertz CT molecular complexity index is 742. The highest BCUT2D eigenvalue weighted by atomic mass is 28.4. The molecule has 0 spiro atoms. The topological polar surface area (TPSA) is 44.8 Å². The van der Waals surface area contributed by atoms with Crippen molar-refractivity contribution in [1.29, 1.82) is 0 Å². The van der Waals surface area contributed by atoms with Gasteiger partial charge in [0, 0.05) is 12.2 Å². The molecular formula is C28H52O4Si2. The third-order valence-electron chi connectivity index (χ3n) is 8.65. The molecule has 0 N–H and O–H groups in total. The molecular weight excluding hydrogens is 456 g/mol. The van der Waals surface area contributed by atoms with E-state index in [9.17, 15) is 4.79 Å². The summed E-state index contributed by atoms with van der Waals surface area (Å²) in [6.07, 6.45) is 13.4. The van der Waals surface area contributed by atoms with Gasteiger partial charge in [0.1, 0.15) is 0 Å². The van der Waals surface area contributed by atoms with Crippen molar-refractivity contribution in [3.05, 3.63) is 24.3 Å². The van der Waals surface area contributed by atoms with Crippen molar-refractivity contribution >= 4 is 22.6 Å². The fourth-order valence-electron chi connectivity index (χ4n) is 4.39. The van der Waals surface area contributed by atoms with Crippen LogP contribution in [0, 0.1) is 11.8 Å². The lowest BCUT2D eigenvalue weighted by molar-refractivity contribution is -0.142. The third-order valence-corrected chi connectivity index (χ3v) is 17.7. The molecule has 1 saturated carbocycles. The fourth-order valence-corrected chi connectivity index (χ4v) is 7.06. The second-order valence-electron chi connectivity index (χ2n) is 13.6. The summed E-state index contributed by atoms with van der Waals surface area (Å²) < 4.78 is 19.5. The van der Waals surface area contributed by atoms with Crippen LogP contribution in [-0.4, -0.2) is 40.9 Å². The van der Waals surface area contributed by atoms with Crippen LogP contribution in [0.2, 0.25) is 36.3 Å². The Hall–Kier alpha value is -0.696. The molecule has 2 rings (SSSR count). The van der Waals surface area contributed by atoms with E-state index in [0.717, 1.165) is 32.1 Å². The van der Waals surface area contributed by atoms with Crippen molar-refractivity contribution in [2.75, 3.05) is 0 Å². The average Bonchev–Trinajstić information content (AvgIpc) is 3.04. The lowest BCUT2D eigenvalue weighted by atomic mass is 9.90. The molecule has 34 heavy (non-hydrogen) atoms. The maximum absolute atomic E-state index is 12.6. The summed E-state index contributed by atoms with van der Waals surface area (Å²) in [6.45, 7) is 25.0. The number of rotatable bonds is 4. The van der Waals surface area contributed by atoms with E-state index >= 15 is 0 Å². The van der Waals surface area contributed by atoms with E-state index in [4.69, 9.17) is 13.6 Å². The van der Waals surface area contributed by atoms with Gasteiger partial charge >= 0.3 is 5.97 Å². The Morgan fingerprint density at radius 1 is 0.912 bits per heavy atom. The molecule has 0 amide bonds. The number of hydrogen-bond acceptors (Lipinski definition) is 4. The van der Waals surface area contributed by atoms with Crippen molar-refractivity contribution in [2.45, 2.75) is 135 Å². The van der Waals surface area contributed by atoms with Crippen LogP contribution in [0.5, 0.6) is 0 Å². The molecule has 4 nitrogen and oxygen atoms in total. The molecule has 2 aliphatic rings. The molecule has 196 valence electrons. The second-order valence-corrected chi connectivity index (χ2v) is 23.1. The largest absolute Gasteiger partial charge is 0.460 e. The highest BCUT2D eigenvalue weighted by molar-refractivity contribution is 6.74. The summed E-state index contributed by atoms with van der Waals surface area (Å²) in [4.78, 5) is 12.6. The molecule has 0 aromatic heterocycles. The lowest BCUT2D eigenvalue weighted by Crippen LogP contribution is -2.46. The quantitative estimate of drug-likeness (QED) is 0.219. The van der Waals surface area contributed by atoms with Crippen LogP contribution in [0.1, 0.15) is 80.6 Å². The van der Waals surface area contributed by atoms with Crippen LogP contribution in [0.3, 0.4) is 0 Å². The predicted molar refractivity (Wildman–Crippen MR) is 148 cm³/mol. The lowest BCUT2D eigenvalue weighted by Gasteiger charge is -2.41. The third kappa shape index (κ3) is 7.90. The van der Waals surface area contributed by atoms with E-state index in [0.29, 0.717) is 11.8 Å². The van der Waals surface area contributed by atoms with Crippen molar-refractivity contribution < 1.29 is 18.4 Å². The molecule has 5 atom stereocenters. The van der Waals surface area contributed by atoms with Crippen LogP contribution in [-0.2, 0) is 18.4 Å². The Morgan fingerprint density at radius 3 is 2.09 bits per heavy atom. The first-order chi connectivity index (χ1) is 15.4. The number of fused-ring (bicyclic) bond motifs is 1. The first-order valence-electron chi connectivity index (χ1n) is 13.3. The van der Waals surface area contributed by atoms with Crippen molar-refractivity contribution in [3.8, 4) is 0 Å². The van der Waals surface area contributed by atoms with Crippen LogP contribution in [0.4, 0.5) is 0 Å². The zero-order chi connectivity index (χ0) is 25.9. The second kappa shape index (κ2) is 11.1. The van der Waals surface area contributed by atoms with E-state index < -0.39 is 16.6 Å². The number of carbonyl (C=O) groups is 1. The smallest absolute Gasteiger partial charge is 0.330 e. The minimum atomic E-state index is -2.05. The number of ether oxygens (including phenoxy) is 1. The van der Waals surface area contributed by atoms with Gasteiger partial charge in [-0.3, -0.25) is 0 Å². The summed E-state index contributed by atoms with van der Waals surface area (Å²) in [7, 11) is -3.91. The summed E-state index contributed by atoms with van der Waals surface area (Å²) in [5.41, 5.74) is 0. The molecule has 1 aliphatic carbocycles. The molecule has 0 radical (unpaired) electrons. The van der Waals surface area contributed by atoms with Crippen molar-refractivity contribution in [1.82, 2.24) is 0 Å². The molecule has 0 bridgehead atoms. The fraction of sp³-hybridized carbons (Fsp3) is 0.821. The van der Waals surface area contributed by atoms with Crippen LogP contribution < -0.4 is 0 Å². The Kier molecular flexibility index (Phi) is 9.68. The highest BCUT2D eigenvalue weighted by Crippen LogP contribution is 2.46. The monoisotopic (exact) mass is 508 g/mol. The van der Waals surface area contributed by atoms with Gasteiger partial charge in [-0.25, -0.2) is 4.79 Å². The van der Waals surface area contributed by atoms with Gasteiger partial charge in [-0.2, -0.15) is 0 Å². The van der Waals surface area contributed by atoms with Gasteiger partial charge in [0.2, 0.25) is 0 Å². The van der Waals surface area contributed by atoms with E-state index in [1.807, 2.05) is 13.0 Å². The van der Waals surface area contributed by atoms with E-state index in [1.165, 1.54) is 0 Å². The first kappa shape index (κ1) is 29.5. The molecule has 0 aromatic carbocycles. The summed E-state index contributed by atoms with van der Waals surface area (Å²) in [6, 6.07) is 0. The van der Waals surface area contributed by atoms with Crippen molar-refractivity contribution in [3.63, 3.8) is 0 Å². The van der Waals surface area contributed by atoms with Gasteiger partial charge in [0.15, 0.2) is 16.6 Å². The Balaban J connectivity index is 2.39. The first-order valence-corrected chi connectivity index (χ1v) is 19.2. The Morgan fingerprint density at radius 2 is 1.50 bits per heavy atom. The van der Waals surface area contributed by atoms with Crippen LogP contribution >= 0.6 is 0 Å². The van der Waals surface area contributed by atoms with E-state index in [1.54, 1.807) is 6.08 Å². The maximum Gasteiger partial charge on any atom is 0.330 e. The molecule has 1 aliphatic heterocycles. The SMILES string of the molecule is C[C@H]1CCC/C=C/[C@@H]2C[C@H](O[Si](C)(C)C(C)(C)C)C[C@H]2[C@H](O[Si](C)(C)C(C)(C)C)/C=C/C(=O)O1. The molecule has 0 saturated heterocycles. The molecule has 0 aromatic rings. The maximum atomic E-state index is 12.6. The zero-order valence-electron chi connectivity index (χ0n) is 23.9. The van der Waals surface area contributed by atoms with Gasteiger partial charge in [-0.15, -0.1) is 0 Å². The number of hydrogen-bond donors (Lipinski definition) is 0.